The van der Waals surface area contributed by atoms with Crippen LogP contribution in [0.5, 0.6) is 5.75 Å². The number of phenolic OH excluding ortho intramolecular Hbond substituents is 1. The van der Waals surface area contributed by atoms with Crippen molar-refractivity contribution in [3.05, 3.63) is 33.9 Å². The molecule has 0 unspecified atom stereocenters. The zero-order chi connectivity index (χ0) is 14.0. The van der Waals surface area contributed by atoms with E-state index in [1.165, 1.54) is 18.2 Å². The minimum absolute atomic E-state index is 0.0106. The molecule has 6 nitrogen and oxygen atoms in total. The molecule has 6 heteroatoms. The van der Waals surface area contributed by atoms with E-state index >= 15 is 0 Å². The molecule has 1 aliphatic carbocycles. The Labute approximate surface area is 110 Å². The first kappa shape index (κ1) is 13.3. The minimum Gasteiger partial charge on any atom is -0.502 e. The van der Waals surface area contributed by atoms with Gasteiger partial charge in [-0.15, -0.1) is 0 Å². The molecule has 1 aromatic carbocycles. The number of rotatable bonds is 3. The largest absolute Gasteiger partial charge is 0.502 e. The van der Waals surface area contributed by atoms with Gasteiger partial charge in [0.1, 0.15) is 0 Å². The summed E-state index contributed by atoms with van der Waals surface area (Å²) in [6, 6.07) is 4.16. The second-order valence-electron chi connectivity index (χ2n) is 4.78. The van der Waals surface area contributed by atoms with Gasteiger partial charge in [-0.2, -0.15) is 0 Å². The van der Waals surface area contributed by atoms with Gasteiger partial charge in [0, 0.05) is 19.2 Å². The van der Waals surface area contributed by atoms with Crippen LogP contribution in [0.4, 0.5) is 5.69 Å². The molecular formula is C13H16N2O4. The topological polar surface area (TPSA) is 83.7 Å². The van der Waals surface area contributed by atoms with Crippen LogP contribution in [0.25, 0.3) is 0 Å². The number of hydrogen-bond donors (Lipinski definition) is 1. The van der Waals surface area contributed by atoms with E-state index in [0.29, 0.717) is 0 Å². The molecule has 0 spiro atoms. The third-order valence-corrected chi connectivity index (χ3v) is 3.63. The number of para-hydroxylation sites is 1. The number of carbonyl (C=O) groups is 1. The van der Waals surface area contributed by atoms with Crippen molar-refractivity contribution in [1.82, 2.24) is 4.90 Å². The molecule has 1 saturated carbocycles. The van der Waals surface area contributed by atoms with Crippen LogP contribution in [-0.4, -0.2) is 33.9 Å². The minimum atomic E-state index is -0.693. The van der Waals surface area contributed by atoms with E-state index in [1.807, 2.05) is 0 Å². The molecule has 0 radical (unpaired) electrons. The van der Waals surface area contributed by atoms with E-state index < -0.39 is 16.4 Å². The maximum Gasteiger partial charge on any atom is 0.311 e. The Balaban J connectivity index is 2.28. The van der Waals surface area contributed by atoms with Crippen LogP contribution in [-0.2, 0) is 0 Å². The molecule has 102 valence electrons. The molecule has 0 atom stereocenters. The molecular weight excluding hydrogens is 248 g/mol. The lowest BCUT2D eigenvalue weighted by atomic mass is 10.1. The fourth-order valence-electron chi connectivity index (χ4n) is 2.50. The third kappa shape index (κ3) is 2.52. The van der Waals surface area contributed by atoms with Crippen molar-refractivity contribution in [2.24, 2.45) is 0 Å². The van der Waals surface area contributed by atoms with Gasteiger partial charge in [0.05, 0.1) is 10.5 Å². The summed E-state index contributed by atoms with van der Waals surface area (Å²) in [5.74, 6) is -0.921. The molecule has 0 heterocycles. The lowest BCUT2D eigenvalue weighted by molar-refractivity contribution is -0.385. The van der Waals surface area contributed by atoms with Gasteiger partial charge in [0.15, 0.2) is 0 Å². The summed E-state index contributed by atoms with van der Waals surface area (Å²) >= 11 is 0. The average Bonchev–Trinajstić information content (AvgIpc) is 2.90. The highest BCUT2D eigenvalue weighted by atomic mass is 16.6. The highest BCUT2D eigenvalue weighted by Crippen LogP contribution is 2.31. The Morgan fingerprint density at radius 2 is 2.05 bits per heavy atom. The SMILES string of the molecule is CN(C(=O)c1cccc([N+](=O)[O-])c1O)C1CCCC1. The molecule has 0 aromatic heterocycles. The molecule has 19 heavy (non-hydrogen) atoms. The van der Waals surface area contributed by atoms with Crippen molar-refractivity contribution in [3.8, 4) is 5.75 Å². The smallest absolute Gasteiger partial charge is 0.311 e. The van der Waals surface area contributed by atoms with Crippen molar-refractivity contribution in [2.75, 3.05) is 7.05 Å². The second kappa shape index (κ2) is 5.26. The lowest BCUT2D eigenvalue weighted by Gasteiger charge is -2.24. The quantitative estimate of drug-likeness (QED) is 0.670. The van der Waals surface area contributed by atoms with E-state index in [4.69, 9.17) is 0 Å². The van der Waals surface area contributed by atoms with Crippen LogP contribution in [0.15, 0.2) is 18.2 Å². The fourth-order valence-corrected chi connectivity index (χ4v) is 2.50. The highest BCUT2D eigenvalue weighted by molar-refractivity contribution is 5.98. The summed E-state index contributed by atoms with van der Waals surface area (Å²) in [5.41, 5.74) is -0.450. The van der Waals surface area contributed by atoms with E-state index in [-0.39, 0.29) is 17.5 Å². The molecule has 1 fully saturated rings. The summed E-state index contributed by atoms with van der Waals surface area (Å²) < 4.78 is 0. The van der Waals surface area contributed by atoms with Crippen LogP contribution in [0.3, 0.4) is 0 Å². The van der Waals surface area contributed by atoms with Gasteiger partial charge in [-0.3, -0.25) is 14.9 Å². The molecule has 1 aromatic rings. The van der Waals surface area contributed by atoms with Crippen molar-refractivity contribution < 1.29 is 14.8 Å². The Morgan fingerprint density at radius 1 is 1.42 bits per heavy atom. The normalized spacial score (nSPS) is 15.4. The number of carbonyl (C=O) groups excluding carboxylic acids is 1. The van der Waals surface area contributed by atoms with Gasteiger partial charge >= 0.3 is 5.69 Å². The van der Waals surface area contributed by atoms with E-state index in [0.717, 1.165) is 25.7 Å². The summed E-state index contributed by atoms with van der Waals surface area (Å²) in [6.07, 6.45) is 4.06. The first-order chi connectivity index (χ1) is 9.02. The van der Waals surface area contributed by atoms with Crippen molar-refractivity contribution in [2.45, 2.75) is 31.7 Å². The number of nitrogens with zero attached hydrogens (tertiary/aromatic N) is 2. The first-order valence-electron chi connectivity index (χ1n) is 6.26. The van der Waals surface area contributed by atoms with Crippen molar-refractivity contribution in [3.63, 3.8) is 0 Å². The average molecular weight is 264 g/mol. The van der Waals surface area contributed by atoms with Crippen LogP contribution < -0.4 is 0 Å². The summed E-state index contributed by atoms with van der Waals surface area (Å²) in [6.45, 7) is 0. The number of amides is 1. The van der Waals surface area contributed by atoms with Gasteiger partial charge < -0.3 is 10.0 Å². The number of phenols is 1. The number of benzene rings is 1. The Kier molecular flexibility index (Phi) is 3.69. The number of hydrogen-bond acceptors (Lipinski definition) is 4. The predicted molar refractivity (Wildman–Crippen MR) is 69.1 cm³/mol. The van der Waals surface area contributed by atoms with Gasteiger partial charge in [0.2, 0.25) is 5.75 Å². The fraction of sp³-hybridized carbons (Fsp3) is 0.462. The van der Waals surface area contributed by atoms with Crippen LogP contribution in [0.2, 0.25) is 0 Å². The van der Waals surface area contributed by atoms with Crippen LogP contribution in [0.1, 0.15) is 36.0 Å². The van der Waals surface area contributed by atoms with Gasteiger partial charge in [0.25, 0.3) is 5.91 Å². The maximum atomic E-state index is 12.3. The summed E-state index contributed by atoms with van der Waals surface area (Å²) in [5, 5.41) is 20.6. The van der Waals surface area contributed by atoms with E-state index in [9.17, 15) is 20.0 Å². The first-order valence-corrected chi connectivity index (χ1v) is 6.26. The standard InChI is InChI=1S/C13H16N2O4/c1-14(9-5-2-3-6-9)13(17)10-7-4-8-11(12(10)16)15(18)19/h4,7-9,16H,2-3,5-6H2,1H3. The third-order valence-electron chi connectivity index (χ3n) is 3.63. The maximum absolute atomic E-state index is 12.3. The molecule has 0 aliphatic heterocycles. The molecule has 2 rings (SSSR count). The Morgan fingerprint density at radius 3 is 2.63 bits per heavy atom. The van der Waals surface area contributed by atoms with E-state index in [1.54, 1.807) is 11.9 Å². The Hall–Kier alpha value is -2.11. The Bertz CT molecular complexity index is 509. The van der Waals surface area contributed by atoms with Crippen molar-refractivity contribution in [1.29, 1.82) is 0 Å². The van der Waals surface area contributed by atoms with Crippen LogP contribution >= 0.6 is 0 Å². The van der Waals surface area contributed by atoms with E-state index in [2.05, 4.69) is 0 Å². The molecule has 0 bridgehead atoms. The number of aromatic hydroxyl groups is 1. The van der Waals surface area contributed by atoms with Crippen molar-refractivity contribution >= 4 is 11.6 Å². The molecule has 1 aliphatic rings. The predicted octanol–water partition coefficient (Wildman–Crippen LogP) is 2.32. The molecule has 1 amide bonds. The lowest BCUT2D eigenvalue weighted by Crippen LogP contribution is -2.35. The zero-order valence-corrected chi connectivity index (χ0v) is 10.7. The number of nitro benzene ring substituents is 1. The summed E-state index contributed by atoms with van der Waals surface area (Å²) in [4.78, 5) is 23.9. The zero-order valence-electron chi connectivity index (χ0n) is 10.7. The van der Waals surface area contributed by atoms with Crippen LogP contribution in [0, 0.1) is 10.1 Å². The number of nitro groups is 1. The monoisotopic (exact) mass is 264 g/mol. The van der Waals surface area contributed by atoms with Gasteiger partial charge in [-0.05, 0) is 18.9 Å². The second-order valence-corrected chi connectivity index (χ2v) is 4.78. The molecule has 0 saturated heterocycles. The van der Waals surface area contributed by atoms with Gasteiger partial charge in [-0.1, -0.05) is 18.9 Å². The highest BCUT2D eigenvalue weighted by Gasteiger charge is 2.28. The molecule has 1 N–H and O–H groups in total. The summed E-state index contributed by atoms with van der Waals surface area (Å²) in [7, 11) is 1.68. The van der Waals surface area contributed by atoms with Gasteiger partial charge in [-0.25, -0.2) is 0 Å².